The Hall–Kier alpha value is -1.03. The fourth-order valence-corrected chi connectivity index (χ4v) is 4.51. The zero-order chi connectivity index (χ0) is 14.1. The minimum absolute atomic E-state index is 0.166. The van der Waals surface area contributed by atoms with Crippen molar-refractivity contribution in [1.82, 2.24) is 0 Å². The van der Waals surface area contributed by atoms with Gasteiger partial charge in [0, 0.05) is 14.7 Å². The van der Waals surface area contributed by atoms with Crippen LogP contribution in [0, 0.1) is 0 Å². The van der Waals surface area contributed by atoms with Gasteiger partial charge in [0.05, 0.1) is 12.5 Å². The molecule has 0 aliphatic heterocycles. The second-order valence-electron chi connectivity index (χ2n) is 4.40. The molecule has 20 heavy (non-hydrogen) atoms. The molecule has 0 N–H and O–H groups in total. The highest BCUT2D eigenvalue weighted by molar-refractivity contribution is 9.10. The summed E-state index contributed by atoms with van der Waals surface area (Å²) >= 11 is 11.9. The average Bonchev–Trinajstić information content (AvgIpc) is 2.91. The van der Waals surface area contributed by atoms with Crippen LogP contribution in [0.1, 0.15) is 15.8 Å². The van der Waals surface area contributed by atoms with Gasteiger partial charge in [-0.3, -0.25) is 0 Å². The maximum absolute atomic E-state index is 6.69. The van der Waals surface area contributed by atoms with Gasteiger partial charge in [0.2, 0.25) is 0 Å². The van der Waals surface area contributed by atoms with Crippen LogP contribution in [0.4, 0.5) is 0 Å². The molecular weight excluding hydrogens is 356 g/mol. The Morgan fingerprint density at radius 2 is 1.85 bits per heavy atom. The quantitative estimate of drug-likeness (QED) is 0.516. The van der Waals surface area contributed by atoms with Crippen LogP contribution in [0.25, 0.3) is 10.8 Å². The van der Waals surface area contributed by atoms with E-state index in [9.17, 15) is 0 Å². The molecule has 4 heteroatoms. The zero-order valence-corrected chi connectivity index (χ0v) is 13.9. The number of halogens is 2. The normalized spacial score (nSPS) is 12.6. The monoisotopic (exact) mass is 366 g/mol. The number of ether oxygens (including phenoxy) is 1. The second kappa shape index (κ2) is 5.76. The Morgan fingerprint density at radius 3 is 2.50 bits per heavy atom. The summed E-state index contributed by atoms with van der Waals surface area (Å²) in [5, 5.41) is 4.10. The summed E-state index contributed by atoms with van der Waals surface area (Å²) in [6.45, 7) is 0. The van der Waals surface area contributed by atoms with E-state index in [0.717, 1.165) is 31.4 Å². The van der Waals surface area contributed by atoms with Crippen LogP contribution in [0.2, 0.25) is 0 Å². The predicted octanol–water partition coefficient (Wildman–Crippen LogP) is 6.00. The number of alkyl halides is 1. The molecule has 102 valence electrons. The largest absolute Gasteiger partial charge is 0.496 e. The van der Waals surface area contributed by atoms with Crippen molar-refractivity contribution in [1.29, 1.82) is 0 Å². The topological polar surface area (TPSA) is 9.23 Å². The highest BCUT2D eigenvalue weighted by atomic mass is 79.9. The Balaban J connectivity index is 2.20. The van der Waals surface area contributed by atoms with Gasteiger partial charge in [-0.15, -0.1) is 22.9 Å². The molecule has 3 aromatic rings. The van der Waals surface area contributed by atoms with Crippen molar-refractivity contribution in [3.05, 3.63) is 62.8 Å². The van der Waals surface area contributed by atoms with Crippen molar-refractivity contribution >= 4 is 49.6 Å². The maximum atomic E-state index is 6.69. The smallest absolute Gasteiger partial charge is 0.126 e. The van der Waals surface area contributed by atoms with E-state index in [1.165, 1.54) is 0 Å². The van der Waals surface area contributed by atoms with E-state index in [2.05, 4.69) is 28.1 Å². The first-order valence-corrected chi connectivity index (χ1v) is 8.26. The molecule has 0 saturated carbocycles. The summed E-state index contributed by atoms with van der Waals surface area (Å²) < 4.78 is 6.48. The Kier molecular flexibility index (Phi) is 4.01. The third-order valence-corrected chi connectivity index (χ3v) is 5.80. The Morgan fingerprint density at radius 1 is 1.10 bits per heavy atom. The van der Waals surface area contributed by atoms with Crippen molar-refractivity contribution in [3.63, 3.8) is 0 Å². The van der Waals surface area contributed by atoms with Crippen molar-refractivity contribution in [2.75, 3.05) is 7.11 Å². The second-order valence-corrected chi connectivity index (χ2v) is 6.64. The molecule has 1 heterocycles. The molecule has 1 aromatic heterocycles. The molecule has 0 aliphatic rings. The lowest BCUT2D eigenvalue weighted by Gasteiger charge is -2.14. The number of benzene rings is 2. The fourth-order valence-electron chi connectivity index (χ4n) is 2.32. The van der Waals surface area contributed by atoms with Gasteiger partial charge in [0.15, 0.2) is 0 Å². The molecule has 0 radical (unpaired) electrons. The van der Waals surface area contributed by atoms with E-state index in [0.29, 0.717) is 0 Å². The average molecular weight is 368 g/mol. The third kappa shape index (κ3) is 2.34. The molecule has 0 saturated heterocycles. The van der Waals surface area contributed by atoms with Gasteiger partial charge in [0.1, 0.15) is 5.75 Å². The minimum atomic E-state index is -0.166. The highest BCUT2D eigenvalue weighted by Gasteiger charge is 2.18. The van der Waals surface area contributed by atoms with Crippen molar-refractivity contribution in [3.8, 4) is 5.75 Å². The summed E-state index contributed by atoms with van der Waals surface area (Å²) in [5.74, 6) is 0.874. The molecular formula is C16H12BrClOS. The van der Waals surface area contributed by atoms with Gasteiger partial charge >= 0.3 is 0 Å². The maximum Gasteiger partial charge on any atom is 0.126 e. The summed E-state index contributed by atoms with van der Waals surface area (Å²) in [6, 6.07) is 14.2. The third-order valence-electron chi connectivity index (χ3n) is 3.29. The van der Waals surface area contributed by atoms with Gasteiger partial charge in [0.25, 0.3) is 0 Å². The Labute approximate surface area is 135 Å². The van der Waals surface area contributed by atoms with Gasteiger partial charge in [-0.05, 0) is 44.4 Å². The van der Waals surface area contributed by atoms with Crippen LogP contribution >= 0.6 is 38.9 Å². The first-order chi connectivity index (χ1) is 9.72. The standard InChI is InChI=1S/C16H12BrClOS/c1-19-14-7-6-12(10-4-2-3-5-11(10)14)15(18)16-13(17)8-9-20-16/h2-9,15H,1H3. The number of rotatable bonds is 3. The van der Waals surface area contributed by atoms with Gasteiger partial charge < -0.3 is 4.74 Å². The van der Waals surface area contributed by atoms with Gasteiger partial charge in [-0.25, -0.2) is 0 Å². The Bertz CT molecular complexity index is 753. The van der Waals surface area contributed by atoms with Crippen molar-refractivity contribution in [2.24, 2.45) is 0 Å². The zero-order valence-electron chi connectivity index (χ0n) is 10.8. The van der Waals surface area contributed by atoms with E-state index in [1.54, 1.807) is 18.4 Å². The molecule has 0 aliphatic carbocycles. The molecule has 1 nitrogen and oxygen atoms in total. The van der Waals surface area contributed by atoms with Crippen LogP contribution in [0.5, 0.6) is 5.75 Å². The van der Waals surface area contributed by atoms with E-state index in [1.807, 2.05) is 35.7 Å². The lowest BCUT2D eigenvalue weighted by atomic mass is 10.0. The number of hydrogen-bond acceptors (Lipinski definition) is 2. The summed E-state index contributed by atoms with van der Waals surface area (Å²) in [7, 11) is 1.69. The number of methoxy groups -OCH3 is 1. The molecule has 1 unspecified atom stereocenters. The van der Waals surface area contributed by atoms with Crippen LogP contribution < -0.4 is 4.74 Å². The first kappa shape index (κ1) is 13.9. The SMILES string of the molecule is COc1ccc(C(Cl)c2sccc2Br)c2ccccc12. The summed E-state index contributed by atoms with van der Waals surface area (Å²) in [5.41, 5.74) is 1.10. The van der Waals surface area contributed by atoms with E-state index >= 15 is 0 Å². The molecule has 3 rings (SSSR count). The van der Waals surface area contributed by atoms with Crippen LogP contribution in [-0.2, 0) is 0 Å². The van der Waals surface area contributed by atoms with E-state index < -0.39 is 0 Å². The van der Waals surface area contributed by atoms with Crippen LogP contribution in [-0.4, -0.2) is 7.11 Å². The first-order valence-electron chi connectivity index (χ1n) is 6.15. The van der Waals surface area contributed by atoms with Crippen molar-refractivity contribution < 1.29 is 4.74 Å². The summed E-state index contributed by atoms with van der Waals surface area (Å²) in [4.78, 5) is 1.13. The molecule has 0 amide bonds. The molecule has 0 fully saturated rings. The van der Waals surface area contributed by atoms with E-state index in [-0.39, 0.29) is 5.38 Å². The molecule has 0 bridgehead atoms. The van der Waals surface area contributed by atoms with Gasteiger partial charge in [-0.1, -0.05) is 30.3 Å². The predicted molar refractivity (Wildman–Crippen MR) is 90.2 cm³/mol. The van der Waals surface area contributed by atoms with E-state index in [4.69, 9.17) is 16.3 Å². The number of fused-ring (bicyclic) bond motifs is 1. The molecule has 0 spiro atoms. The lowest BCUT2D eigenvalue weighted by Crippen LogP contribution is -1.94. The van der Waals surface area contributed by atoms with Gasteiger partial charge in [-0.2, -0.15) is 0 Å². The number of thiophene rings is 1. The summed E-state index contributed by atoms with van der Waals surface area (Å²) in [6.07, 6.45) is 0. The molecule has 2 aromatic carbocycles. The van der Waals surface area contributed by atoms with Crippen LogP contribution in [0.15, 0.2) is 52.3 Å². The highest BCUT2D eigenvalue weighted by Crippen LogP contribution is 2.41. The van der Waals surface area contributed by atoms with Crippen molar-refractivity contribution in [2.45, 2.75) is 5.38 Å². The minimum Gasteiger partial charge on any atom is -0.496 e. The lowest BCUT2D eigenvalue weighted by molar-refractivity contribution is 0.419. The molecule has 1 atom stereocenters. The van der Waals surface area contributed by atoms with Crippen LogP contribution in [0.3, 0.4) is 0 Å². The fraction of sp³-hybridized carbons (Fsp3) is 0.125. The number of hydrogen-bond donors (Lipinski definition) is 0.